The van der Waals surface area contributed by atoms with Crippen LogP contribution in [0.25, 0.3) is 0 Å². The SMILES string of the molecule is C=CCN(CCO)C(=O)C(=O)O. The summed E-state index contributed by atoms with van der Waals surface area (Å²) in [5, 5.41) is 16.8. The molecule has 0 bridgehead atoms. The molecule has 1 amide bonds. The summed E-state index contributed by atoms with van der Waals surface area (Å²) in [6.07, 6.45) is 1.40. The molecule has 0 aliphatic carbocycles. The van der Waals surface area contributed by atoms with Crippen molar-refractivity contribution in [2.75, 3.05) is 19.7 Å². The maximum atomic E-state index is 10.8. The lowest BCUT2D eigenvalue weighted by molar-refractivity contribution is -0.155. The Morgan fingerprint density at radius 3 is 2.42 bits per heavy atom. The van der Waals surface area contributed by atoms with Gasteiger partial charge in [0.05, 0.1) is 6.61 Å². The maximum absolute atomic E-state index is 10.8. The highest BCUT2D eigenvalue weighted by molar-refractivity contribution is 6.31. The van der Waals surface area contributed by atoms with Gasteiger partial charge in [0, 0.05) is 13.1 Å². The van der Waals surface area contributed by atoms with Crippen LogP contribution in [0.3, 0.4) is 0 Å². The van der Waals surface area contributed by atoms with E-state index >= 15 is 0 Å². The van der Waals surface area contributed by atoms with Crippen LogP contribution in [0.5, 0.6) is 0 Å². The molecule has 0 aromatic heterocycles. The van der Waals surface area contributed by atoms with Crippen molar-refractivity contribution in [2.24, 2.45) is 0 Å². The minimum atomic E-state index is -1.52. The van der Waals surface area contributed by atoms with Crippen molar-refractivity contribution >= 4 is 11.9 Å². The van der Waals surface area contributed by atoms with Gasteiger partial charge in [0.25, 0.3) is 0 Å². The zero-order chi connectivity index (χ0) is 9.56. The topological polar surface area (TPSA) is 77.8 Å². The molecule has 5 heteroatoms. The molecule has 0 spiro atoms. The van der Waals surface area contributed by atoms with Gasteiger partial charge in [0.1, 0.15) is 0 Å². The summed E-state index contributed by atoms with van der Waals surface area (Å²) in [5.41, 5.74) is 0. The first-order valence-electron chi connectivity index (χ1n) is 3.37. The third kappa shape index (κ3) is 3.16. The first-order chi connectivity index (χ1) is 5.63. The van der Waals surface area contributed by atoms with Crippen molar-refractivity contribution in [1.29, 1.82) is 0 Å². The number of aliphatic carboxylic acids is 1. The Kier molecular flexibility index (Phi) is 4.71. The largest absolute Gasteiger partial charge is 0.474 e. The van der Waals surface area contributed by atoms with Crippen LogP contribution in [-0.4, -0.2) is 46.7 Å². The van der Waals surface area contributed by atoms with Crippen molar-refractivity contribution in [1.82, 2.24) is 4.90 Å². The van der Waals surface area contributed by atoms with Crippen LogP contribution < -0.4 is 0 Å². The first-order valence-corrected chi connectivity index (χ1v) is 3.37. The molecule has 0 radical (unpaired) electrons. The van der Waals surface area contributed by atoms with E-state index in [0.717, 1.165) is 4.90 Å². The van der Waals surface area contributed by atoms with E-state index in [4.69, 9.17) is 10.2 Å². The van der Waals surface area contributed by atoms with Crippen LogP contribution in [0.2, 0.25) is 0 Å². The van der Waals surface area contributed by atoms with Gasteiger partial charge < -0.3 is 15.1 Å². The second-order valence-corrected chi connectivity index (χ2v) is 2.07. The molecular weight excluding hydrogens is 162 g/mol. The van der Waals surface area contributed by atoms with Crippen molar-refractivity contribution in [3.63, 3.8) is 0 Å². The Morgan fingerprint density at radius 1 is 1.50 bits per heavy atom. The predicted octanol–water partition coefficient (Wildman–Crippen LogP) is -0.922. The lowest BCUT2D eigenvalue weighted by atomic mass is 10.4. The summed E-state index contributed by atoms with van der Waals surface area (Å²) in [7, 11) is 0. The van der Waals surface area contributed by atoms with E-state index in [1.165, 1.54) is 6.08 Å². The van der Waals surface area contributed by atoms with Crippen LogP contribution in [-0.2, 0) is 9.59 Å². The number of amides is 1. The van der Waals surface area contributed by atoms with E-state index in [1.807, 2.05) is 0 Å². The van der Waals surface area contributed by atoms with Crippen LogP contribution in [0.1, 0.15) is 0 Å². The highest BCUT2D eigenvalue weighted by Gasteiger charge is 2.18. The number of nitrogens with zero attached hydrogens (tertiary/aromatic N) is 1. The molecular formula is C7H11NO4. The number of carboxylic acid groups (broad SMARTS) is 1. The van der Waals surface area contributed by atoms with Crippen LogP contribution in [0.15, 0.2) is 12.7 Å². The molecule has 5 nitrogen and oxygen atoms in total. The lowest BCUT2D eigenvalue weighted by Gasteiger charge is -2.16. The summed E-state index contributed by atoms with van der Waals surface area (Å²) >= 11 is 0. The van der Waals surface area contributed by atoms with Gasteiger partial charge in [-0.1, -0.05) is 6.08 Å². The molecule has 0 unspecified atom stereocenters. The molecule has 0 aromatic rings. The quantitative estimate of drug-likeness (QED) is 0.425. The summed E-state index contributed by atoms with van der Waals surface area (Å²) < 4.78 is 0. The Bertz CT molecular complexity index is 190. The predicted molar refractivity (Wildman–Crippen MR) is 41.5 cm³/mol. The fraction of sp³-hybridized carbons (Fsp3) is 0.429. The molecule has 2 N–H and O–H groups in total. The van der Waals surface area contributed by atoms with E-state index in [9.17, 15) is 9.59 Å². The monoisotopic (exact) mass is 173 g/mol. The van der Waals surface area contributed by atoms with Crippen LogP contribution in [0.4, 0.5) is 0 Å². The van der Waals surface area contributed by atoms with Gasteiger partial charge in [-0.2, -0.15) is 0 Å². The Balaban J connectivity index is 4.17. The highest BCUT2D eigenvalue weighted by atomic mass is 16.4. The zero-order valence-electron chi connectivity index (χ0n) is 6.56. The lowest BCUT2D eigenvalue weighted by Crippen LogP contribution is -2.38. The number of carbonyl (C=O) groups is 2. The van der Waals surface area contributed by atoms with E-state index in [0.29, 0.717) is 0 Å². The molecule has 0 aromatic carbocycles. The molecule has 12 heavy (non-hydrogen) atoms. The first kappa shape index (κ1) is 10.6. The van der Waals surface area contributed by atoms with Gasteiger partial charge in [0.15, 0.2) is 0 Å². The third-order valence-corrected chi connectivity index (χ3v) is 1.19. The normalized spacial score (nSPS) is 9.08. The summed E-state index contributed by atoms with van der Waals surface area (Å²) in [5.74, 6) is -2.55. The van der Waals surface area contributed by atoms with Gasteiger partial charge in [-0.05, 0) is 0 Å². The molecule has 0 rings (SSSR count). The number of carboxylic acids is 1. The van der Waals surface area contributed by atoms with Crippen molar-refractivity contribution in [3.8, 4) is 0 Å². The fourth-order valence-electron chi connectivity index (χ4n) is 0.688. The standard InChI is InChI=1S/C7H11NO4/c1-2-3-8(4-5-9)6(10)7(11)12/h2,9H,1,3-5H2,(H,11,12). The van der Waals surface area contributed by atoms with E-state index in [-0.39, 0.29) is 19.7 Å². The molecule has 0 aliphatic rings. The minimum Gasteiger partial charge on any atom is -0.474 e. The maximum Gasteiger partial charge on any atom is 0.394 e. The molecule has 68 valence electrons. The van der Waals surface area contributed by atoms with Gasteiger partial charge in [-0.3, -0.25) is 4.79 Å². The Hall–Kier alpha value is -1.36. The molecule has 0 fully saturated rings. The smallest absolute Gasteiger partial charge is 0.394 e. The number of carbonyl (C=O) groups excluding carboxylic acids is 1. The molecule has 0 heterocycles. The van der Waals surface area contributed by atoms with Gasteiger partial charge in [-0.15, -0.1) is 6.58 Å². The van der Waals surface area contributed by atoms with Crippen molar-refractivity contribution in [2.45, 2.75) is 0 Å². The van der Waals surface area contributed by atoms with Crippen LogP contribution >= 0.6 is 0 Å². The van der Waals surface area contributed by atoms with Gasteiger partial charge in [0.2, 0.25) is 0 Å². The molecule has 0 saturated carbocycles. The Labute approximate surface area is 69.9 Å². The third-order valence-electron chi connectivity index (χ3n) is 1.19. The molecule has 0 aliphatic heterocycles. The van der Waals surface area contributed by atoms with Crippen molar-refractivity contribution < 1.29 is 19.8 Å². The van der Waals surface area contributed by atoms with Crippen molar-refractivity contribution in [3.05, 3.63) is 12.7 Å². The summed E-state index contributed by atoms with van der Waals surface area (Å²) in [6.45, 7) is 3.24. The van der Waals surface area contributed by atoms with Gasteiger partial charge >= 0.3 is 11.9 Å². The number of rotatable bonds is 4. The van der Waals surface area contributed by atoms with E-state index in [2.05, 4.69) is 6.58 Å². The van der Waals surface area contributed by atoms with E-state index in [1.54, 1.807) is 0 Å². The number of aliphatic hydroxyl groups is 1. The highest BCUT2D eigenvalue weighted by Crippen LogP contribution is 1.89. The van der Waals surface area contributed by atoms with Crippen LogP contribution in [0, 0.1) is 0 Å². The molecule has 0 saturated heterocycles. The van der Waals surface area contributed by atoms with Gasteiger partial charge in [-0.25, -0.2) is 4.79 Å². The second kappa shape index (κ2) is 5.31. The summed E-state index contributed by atoms with van der Waals surface area (Å²) in [4.78, 5) is 22.0. The number of hydrogen-bond acceptors (Lipinski definition) is 3. The second-order valence-electron chi connectivity index (χ2n) is 2.07. The Morgan fingerprint density at radius 2 is 2.08 bits per heavy atom. The zero-order valence-corrected chi connectivity index (χ0v) is 6.56. The number of aliphatic hydroxyl groups excluding tert-OH is 1. The average molecular weight is 173 g/mol. The van der Waals surface area contributed by atoms with E-state index < -0.39 is 11.9 Å². The number of hydrogen-bond donors (Lipinski definition) is 2. The fourth-order valence-corrected chi connectivity index (χ4v) is 0.688. The average Bonchev–Trinajstić information content (AvgIpc) is 2.03. The molecule has 0 atom stereocenters. The minimum absolute atomic E-state index is 0.0111. The summed E-state index contributed by atoms with van der Waals surface area (Å²) in [6, 6.07) is 0.